The molecule has 1 aromatic rings. The Hall–Kier alpha value is -0.506. The first-order valence-corrected chi connectivity index (χ1v) is 11.0. The van der Waals surface area contributed by atoms with E-state index in [1.807, 2.05) is 0 Å². The number of rotatable bonds is 10. The molecule has 0 aliphatic carbocycles. The molecular weight excluding hydrogens is 312 g/mol. The van der Waals surface area contributed by atoms with Crippen LogP contribution >= 0.6 is 0 Å². The van der Waals surface area contributed by atoms with Crippen LogP contribution in [0.15, 0.2) is 24.3 Å². The third-order valence-corrected chi connectivity index (χ3v) is 8.19. The van der Waals surface area contributed by atoms with Crippen molar-refractivity contribution in [3.63, 3.8) is 0 Å². The SMILES string of the molecule is CO[SiH](OC)C(C)Cc1ccc(CC(C)[SiH](OC)OC)cc1. The van der Waals surface area contributed by atoms with Gasteiger partial charge in [0.2, 0.25) is 0 Å². The highest BCUT2D eigenvalue weighted by Crippen LogP contribution is 2.21. The molecule has 0 heterocycles. The minimum absolute atomic E-state index is 0.457. The second-order valence-electron chi connectivity index (χ2n) is 5.86. The Morgan fingerprint density at radius 2 is 0.955 bits per heavy atom. The lowest BCUT2D eigenvalue weighted by Crippen LogP contribution is -2.26. The van der Waals surface area contributed by atoms with Crippen molar-refractivity contribution >= 4 is 18.6 Å². The first kappa shape index (κ1) is 19.5. The van der Waals surface area contributed by atoms with Crippen LogP contribution in [0.2, 0.25) is 11.1 Å². The van der Waals surface area contributed by atoms with Gasteiger partial charge in [0.15, 0.2) is 0 Å². The molecule has 1 rings (SSSR count). The van der Waals surface area contributed by atoms with E-state index in [1.54, 1.807) is 28.4 Å². The fourth-order valence-corrected chi connectivity index (χ4v) is 6.04. The predicted octanol–water partition coefficient (Wildman–Crippen LogP) is 2.58. The van der Waals surface area contributed by atoms with Gasteiger partial charge in [0.05, 0.1) is 0 Å². The van der Waals surface area contributed by atoms with E-state index < -0.39 is 18.6 Å². The molecule has 0 bridgehead atoms. The van der Waals surface area contributed by atoms with Crippen LogP contribution in [0.1, 0.15) is 25.0 Å². The van der Waals surface area contributed by atoms with Crippen LogP contribution in [-0.4, -0.2) is 47.0 Å². The minimum Gasteiger partial charge on any atom is -0.400 e. The standard InChI is InChI=1S/C16H30O4Si2/c1-13(21(17-3)18-4)11-15-7-9-16(10-8-15)12-14(2)22(19-5)20-6/h7-10,13-14,21-22H,11-12H2,1-6H3. The molecule has 1 aromatic carbocycles. The third kappa shape index (κ3) is 5.94. The molecule has 0 aromatic heterocycles. The molecule has 6 heteroatoms. The van der Waals surface area contributed by atoms with E-state index in [-0.39, 0.29) is 0 Å². The average molecular weight is 343 g/mol. The van der Waals surface area contributed by atoms with Gasteiger partial charge in [-0.3, -0.25) is 0 Å². The van der Waals surface area contributed by atoms with Crippen molar-refractivity contribution in [2.24, 2.45) is 0 Å². The molecular formula is C16H30O4Si2. The van der Waals surface area contributed by atoms with Crippen molar-refractivity contribution in [3.8, 4) is 0 Å². The molecule has 2 atom stereocenters. The van der Waals surface area contributed by atoms with Crippen molar-refractivity contribution in [1.82, 2.24) is 0 Å². The summed E-state index contributed by atoms with van der Waals surface area (Å²) in [6.07, 6.45) is 2.00. The Kier molecular flexibility index (Phi) is 9.15. The monoisotopic (exact) mass is 342 g/mol. The summed E-state index contributed by atoms with van der Waals surface area (Å²) in [4.78, 5) is 0. The van der Waals surface area contributed by atoms with E-state index in [0.717, 1.165) is 12.8 Å². The zero-order valence-electron chi connectivity index (χ0n) is 14.7. The second-order valence-corrected chi connectivity index (χ2v) is 11.5. The van der Waals surface area contributed by atoms with Crippen molar-refractivity contribution < 1.29 is 17.7 Å². The summed E-state index contributed by atoms with van der Waals surface area (Å²) in [7, 11) is 3.89. The van der Waals surface area contributed by atoms with Gasteiger partial charge >= 0.3 is 18.6 Å². The molecule has 0 amide bonds. The van der Waals surface area contributed by atoms with Crippen LogP contribution in [0.25, 0.3) is 0 Å². The smallest absolute Gasteiger partial charge is 0.324 e. The molecule has 4 nitrogen and oxygen atoms in total. The maximum absolute atomic E-state index is 5.45. The zero-order chi connectivity index (χ0) is 16.5. The van der Waals surface area contributed by atoms with Gasteiger partial charge < -0.3 is 17.7 Å². The Balaban J connectivity index is 2.59. The molecule has 0 N–H and O–H groups in total. The van der Waals surface area contributed by atoms with Crippen LogP contribution in [-0.2, 0) is 30.5 Å². The summed E-state index contributed by atoms with van der Waals surface area (Å²) < 4.78 is 21.8. The van der Waals surface area contributed by atoms with Crippen molar-refractivity contribution in [3.05, 3.63) is 35.4 Å². The normalized spacial score (nSPS) is 14.5. The predicted molar refractivity (Wildman–Crippen MR) is 95.0 cm³/mol. The molecule has 126 valence electrons. The van der Waals surface area contributed by atoms with Gasteiger partial charge in [-0.1, -0.05) is 38.1 Å². The lowest BCUT2D eigenvalue weighted by atomic mass is 10.0. The topological polar surface area (TPSA) is 36.9 Å². The Bertz CT molecular complexity index is 366. The van der Waals surface area contributed by atoms with E-state index in [0.29, 0.717) is 11.1 Å². The highest BCUT2D eigenvalue weighted by atomic mass is 28.3. The van der Waals surface area contributed by atoms with E-state index in [1.165, 1.54) is 11.1 Å². The van der Waals surface area contributed by atoms with Crippen LogP contribution in [0.4, 0.5) is 0 Å². The number of benzene rings is 1. The summed E-state index contributed by atoms with van der Waals surface area (Å²) >= 11 is 0. The van der Waals surface area contributed by atoms with Crippen molar-refractivity contribution in [2.45, 2.75) is 37.8 Å². The van der Waals surface area contributed by atoms with Gasteiger partial charge in [-0.05, 0) is 24.0 Å². The summed E-state index contributed by atoms with van der Waals surface area (Å²) in [6.45, 7) is 4.40. The zero-order valence-corrected chi connectivity index (χ0v) is 17.0. The van der Waals surface area contributed by atoms with Gasteiger partial charge in [-0.2, -0.15) is 0 Å². The fourth-order valence-electron chi connectivity index (χ4n) is 2.87. The van der Waals surface area contributed by atoms with Crippen LogP contribution in [0.3, 0.4) is 0 Å². The van der Waals surface area contributed by atoms with Gasteiger partial charge in [0, 0.05) is 39.5 Å². The second kappa shape index (κ2) is 10.3. The maximum atomic E-state index is 5.45. The summed E-state index contributed by atoms with van der Waals surface area (Å²) in [5.41, 5.74) is 3.59. The minimum atomic E-state index is -1.54. The average Bonchev–Trinajstić information content (AvgIpc) is 2.51. The fraction of sp³-hybridized carbons (Fsp3) is 0.625. The molecule has 0 aliphatic heterocycles. The molecule has 0 radical (unpaired) electrons. The summed E-state index contributed by atoms with van der Waals surface area (Å²) in [5, 5.41) is 0. The maximum Gasteiger partial charge on any atom is 0.324 e. The first-order valence-electron chi connectivity index (χ1n) is 7.74. The van der Waals surface area contributed by atoms with Crippen LogP contribution < -0.4 is 0 Å². The van der Waals surface area contributed by atoms with Crippen molar-refractivity contribution in [1.29, 1.82) is 0 Å². The van der Waals surface area contributed by atoms with Gasteiger partial charge in [0.1, 0.15) is 0 Å². The van der Waals surface area contributed by atoms with Gasteiger partial charge in [-0.25, -0.2) is 0 Å². The quantitative estimate of drug-likeness (QED) is 0.613. The van der Waals surface area contributed by atoms with Crippen LogP contribution in [0.5, 0.6) is 0 Å². The van der Waals surface area contributed by atoms with Crippen LogP contribution in [0, 0.1) is 0 Å². The third-order valence-electron chi connectivity index (χ3n) is 4.00. The number of hydrogen-bond donors (Lipinski definition) is 0. The molecule has 22 heavy (non-hydrogen) atoms. The highest BCUT2D eigenvalue weighted by molar-refractivity contribution is 6.46. The molecule has 0 saturated carbocycles. The lowest BCUT2D eigenvalue weighted by Gasteiger charge is -2.20. The van der Waals surface area contributed by atoms with Crippen molar-refractivity contribution in [2.75, 3.05) is 28.4 Å². The molecule has 0 fully saturated rings. The Labute approximate surface area is 138 Å². The lowest BCUT2D eigenvalue weighted by molar-refractivity contribution is 0.266. The molecule has 2 unspecified atom stereocenters. The Morgan fingerprint density at radius 1 is 0.682 bits per heavy atom. The number of hydrogen-bond acceptors (Lipinski definition) is 4. The summed E-state index contributed by atoms with van der Waals surface area (Å²) in [5.74, 6) is 0. The molecule has 0 aliphatic rings. The van der Waals surface area contributed by atoms with Gasteiger partial charge in [-0.15, -0.1) is 0 Å². The van der Waals surface area contributed by atoms with E-state index in [2.05, 4.69) is 38.1 Å². The highest BCUT2D eigenvalue weighted by Gasteiger charge is 2.21. The van der Waals surface area contributed by atoms with E-state index >= 15 is 0 Å². The molecule has 0 spiro atoms. The van der Waals surface area contributed by atoms with Gasteiger partial charge in [0.25, 0.3) is 0 Å². The first-order chi connectivity index (χ1) is 10.5. The Morgan fingerprint density at radius 3 is 1.18 bits per heavy atom. The molecule has 0 saturated heterocycles. The summed E-state index contributed by atoms with van der Waals surface area (Å²) in [6, 6.07) is 8.86. The largest absolute Gasteiger partial charge is 0.400 e. The van der Waals surface area contributed by atoms with E-state index in [4.69, 9.17) is 17.7 Å². The van der Waals surface area contributed by atoms with E-state index in [9.17, 15) is 0 Å².